The maximum Gasteiger partial charge on any atom is 0.410 e. The summed E-state index contributed by atoms with van der Waals surface area (Å²) in [5, 5.41) is 12.0. The Kier molecular flexibility index (Phi) is 9.05. The average Bonchev–Trinajstić information content (AvgIpc) is 3.76. The van der Waals surface area contributed by atoms with Crippen LogP contribution in [-0.4, -0.2) is 54.4 Å². The van der Waals surface area contributed by atoms with E-state index >= 15 is 0 Å². The van der Waals surface area contributed by atoms with E-state index in [1.807, 2.05) is 48.5 Å². The van der Waals surface area contributed by atoms with E-state index in [1.54, 1.807) is 19.1 Å². The third-order valence-electron chi connectivity index (χ3n) is 11.4. The Morgan fingerprint density at radius 2 is 1.88 bits per heavy atom. The molecule has 4 aliphatic rings. The fourth-order valence-corrected chi connectivity index (χ4v) is 9.54. The molecule has 8 rings (SSSR count). The smallest absolute Gasteiger partial charge is 0.410 e. The zero-order chi connectivity index (χ0) is 34.3. The largest absolute Gasteiger partial charge is 0.497 e. The number of aliphatic hydroxyl groups excluding tert-OH is 1. The second-order valence-electron chi connectivity index (χ2n) is 14.3. The van der Waals surface area contributed by atoms with Gasteiger partial charge in [0.2, 0.25) is 5.78 Å². The lowest BCUT2D eigenvalue weighted by molar-refractivity contribution is -0.0373. The summed E-state index contributed by atoms with van der Waals surface area (Å²) in [5.41, 5.74) is 3.63. The Hall–Kier alpha value is -4.14. The Morgan fingerprint density at radius 1 is 1.04 bits per heavy atom. The zero-order valence-corrected chi connectivity index (χ0v) is 29.6. The predicted octanol–water partition coefficient (Wildman–Crippen LogP) is 8.85. The molecule has 2 bridgehead atoms. The van der Waals surface area contributed by atoms with Crippen molar-refractivity contribution in [2.75, 3.05) is 20.8 Å². The number of ether oxygens (including phenoxy) is 3. The van der Waals surface area contributed by atoms with Gasteiger partial charge in [-0.1, -0.05) is 48.9 Å². The predicted molar refractivity (Wildman–Crippen MR) is 193 cm³/mol. The van der Waals surface area contributed by atoms with Gasteiger partial charge in [0.15, 0.2) is 0 Å². The number of nitrogens with zero attached hydrogens (tertiary/aromatic N) is 1. The van der Waals surface area contributed by atoms with Crippen LogP contribution < -0.4 is 9.47 Å². The van der Waals surface area contributed by atoms with Gasteiger partial charge in [-0.3, -0.25) is 9.69 Å². The molecule has 49 heavy (non-hydrogen) atoms. The van der Waals surface area contributed by atoms with Gasteiger partial charge in [0.05, 0.1) is 38.3 Å². The monoisotopic (exact) mass is 679 g/mol. The van der Waals surface area contributed by atoms with Gasteiger partial charge in [0.25, 0.3) is 0 Å². The van der Waals surface area contributed by atoms with E-state index in [0.717, 1.165) is 52.5 Å². The van der Waals surface area contributed by atoms with Crippen molar-refractivity contribution in [2.24, 2.45) is 5.41 Å². The fourth-order valence-electron chi connectivity index (χ4n) is 8.52. The number of amides is 1. The highest BCUT2D eigenvalue weighted by atomic mass is 32.1. The summed E-state index contributed by atoms with van der Waals surface area (Å²) in [6.07, 6.45) is 6.55. The standard InChI is InChI=1S/C41H45NO6S/c1-26-8-7-18-40(2)34(17-19-41(40)25-42(39(45)48-41)24-29-13-15-31(46-3)23-35(29)47-4)32-16-12-27(20-30(43)14-11-26)21-33(32)38(44)37-22-28-9-5-6-10-36(28)49-37/h5-6,8-10,12-13,15-16,21-23,30,34,43H,7,11,14,17-20,24-25H2,1-4H3. The van der Waals surface area contributed by atoms with Crippen molar-refractivity contribution >= 4 is 33.3 Å². The van der Waals surface area contributed by atoms with Crippen molar-refractivity contribution in [2.45, 2.75) is 83.0 Å². The molecule has 8 heteroatoms. The van der Waals surface area contributed by atoms with Gasteiger partial charge in [-0.15, -0.1) is 11.3 Å². The number of benzene rings is 3. The highest BCUT2D eigenvalue weighted by Gasteiger charge is 2.64. The molecule has 3 aromatic carbocycles. The van der Waals surface area contributed by atoms with Gasteiger partial charge >= 0.3 is 6.09 Å². The SMILES string of the molecule is COc1ccc(CN2CC3(CCC4c5ccc(cc5C(=O)c5cc6ccccc6s5)CC(O)CCC(C)=CCCC43C)OC2=O)c(OC)c1. The van der Waals surface area contributed by atoms with E-state index in [1.165, 1.54) is 16.9 Å². The normalized spacial score (nSPS) is 25.6. The highest BCUT2D eigenvalue weighted by molar-refractivity contribution is 7.21. The minimum absolute atomic E-state index is 0.00955. The second kappa shape index (κ2) is 13.3. The van der Waals surface area contributed by atoms with Gasteiger partial charge < -0.3 is 19.3 Å². The maximum absolute atomic E-state index is 14.5. The number of carbonyl (C=O) groups excluding carboxylic acids is 2. The minimum Gasteiger partial charge on any atom is -0.497 e. The van der Waals surface area contributed by atoms with Crippen LogP contribution in [0.3, 0.4) is 0 Å². The molecule has 4 unspecified atom stereocenters. The summed E-state index contributed by atoms with van der Waals surface area (Å²) >= 11 is 1.52. The van der Waals surface area contributed by atoms with Crippen molar-refractivity contribution < 1.29 is 28.9 Å². The van der Waals surface area contributed by atoms with Crippen LogP contribution in [0, 0.1) is 5.41 Å². The first kappa shape index (κ1) is 33.4. The first-order valence-electron chi connectivity index (χ1n) is 17.3. The number of ketones is 1. The lowest BCUT2D eigenvalue weighted by Gasteiger charge is -2.43. The first-order chi connectivity index (χ1) is 23.6. The quantitative estimate of drug-likeness (QED) is 0.162. The molecule has 3 aliphatic carbocycles. The zero-order valence-electron chi connectivity index (χ0n) is 28.8. The Bertz CT molecular complexity index is 1900. The van der Waals surface area contributed by atoms with E-state index in [-0.39, 0.29) is 17.8 Å². The van der Waals surface area contributed by atoms with Crippen LogP contribution in [0.2, 0.25) is 0 Å². The molecule has 256 valence electrons. The number of allylic oxidation sites excluding steroid dienone is 2. The molecule has 1 spiro atoms. The second-order valence-corrected chi connectivity index (χ2v) is 15.4. The van der Waals surface area contributed by atoms with E-state index in [0.29, 0.717) is 54.3 Å². The lowest BCUT2D eigenvalue weighted by Crippen LogP contribution is -2.48. The van der Waals surface area contributed by atoms with Crippen molar-refractivity contribution in [1.29, 1.82) is 0 Å². The number of carbonyl (C=O) groups is 2. The van der Waals surface area contributed by atoms with Crippen LogP contribution in [0.15, 0.2) is 78.4 Å². The van der Waals surface area contributed by atoms with Crippen molar-refractivity contribution in [3.63, 3.8) is 0 Å². The third-order valence-corrected chi connectivity index (χ3v) is 12.5. The van der Waals surface area contributed by atoms with E-state index < -0.39 is 17.1 Å². The van der Waals surface area contributed by atoms with Gasteiger partial charge in [-0.05, 0) is 105 Å². The summed E-state index contributed by atoms with van der Waals surface area (Å²) < 4.78 is 18.7. The molecule has 2 fully saturated rings. The van der Waals surface area contributed by atoms with Gasteiger partial charge in [-0.25, -0.2) is 4.79 Å². The number of methoxy groups -OCH3 is 2. The Labute approximate surface area is 292 Å². The number of rotatable bonds is 6. The van der Waals surface area contributed by atoms with Gasteiger partial charge in [-0.2, -0.15) is 0 Å². The van der Waals surface area contributed by atoms with E-state index in [2.05, 4.69) is 38.1 Å². The maximum atomic E-state index is 14.5. The molecule has 1 saturated heterocycles. The van der Waals surface area contributed by atoms with Crippen LogP contribution in [0.4, 0.5) is 4.79 Å². The molecule has 1 aromatic heterocycles. The van der Waals surface area contributed by atoms with Crippen LogP contribution in [0.1, 0.15) is 90.2 Å². The highest BCUT2D eigenvalue weighted by Crippen LogP contribution is 2.62. The molecule has 4 aromatic rings. The van der Waals surface area contributed by atoms with E-state index in [4.69, 9.17) is 14.2 Å². The number of thiophene rings is 1. The molecule has 2 heterocycles. The van der Waals surface area contributed by atoms with Crippen LogP contribution in [-0.2, 0) is 17.7 Å². The molecule has 0 radical (unpaired) electrons. The fraction of sp³-hybridized carbons (Fsp3) is 0.415. The molecular weight excluding hydrogens is 635 g/mol. The molecule has 4 atom stereocenters. The van der Waals surface area contributed by atoms with E-state index in [9.17, 15) is 14.7 Å². The summed E-state index contributed by atoms with van der Waals surface area (Å²) in [6.45, 7) is 5.23. The molecule has 1 aliphatic heterocycles. The van der Waals surface area contributed by atoms with Crippen LogP contribution in [0.5, 0.6) is 11.5 Å². The van der Waals surface area contributed by atoms with Crippen LogP contribution >= 0.6 is 11.3 Å². The number of fused-ring (bicyclic) bond motifs is 9. The molecular formula is C41H45NO6S. The topological polar surface area (TPSA) is 85.3 Å². The molecule has 7 nitrogen and oxygen atoms in total. The van der Waals surface area contributed by atoms with Gasteiger partial charge in [0.1, 0.15) is 17.1 Å². The van der Waals surface area contributed by atoms with Crippen molar-refractivity contribution in [3.05, 3.63) is 106 Å². The number of hydrogen-bond acceptors (Lipinski definition) is 7. The summed E-state index contributed by atoms with van der Waals surface area (Å²) in [6, 6.07) is 22.0. The summed E-state index contributed by atoms with van der Waals surface area (Å²) in [4.78, 5) is 30.8. The third kappa shape index (κ3) is 6.14. The lowest BCUT2D eigenvalue weighted by atomic mass is 9.65. The van der Waals surface area contributed by atoms with Gasteiger partial charge in [0, 0.05) is 27.3 Å². The van der Waals surface area contributed by atoms with Crippen molar-refractivity contribution in [1.82, 2.24) is 4.90 Å². The first-order valence-corrected chi connectivity index (χ1v) is 18.1. The minimum atomic E-state index is -0.722. The number of aliphatic hydroxyl groups is 1. The average molecular weight is 680 g/mol. The molecule has 1 saturated carbocycles. The summed E-state index contributed by atoms with van der Waals surface area (Å²) in [7, 11) is 3.24. The number of hydrogen-bond donors (Lipinski definition) is 1. The summed E-state index contributed by atoms with van der Waals surface area (Å²) in [5.74, 6) is 1.35. The Morgan fingerprint density at radius 3 is 2.67 bits per heavy atom. The molecule has 1 amide bonds. The Balaban J connectivity index is 1.29. The van der Waals surface area contributed by atoms with Crippen molar-refractivity contribution in [3.8, 4) is 11.5 Å². The molecule has 1 N–H and O–H groups in total. The van der Waals surface area contributed by atoms with Crippen LogP contribution in [0.25, 0.3) is 10.1 Å².